The Bertz CT molecular complexity index is 803. The molecule has 2 aromatic rings. The normalized spacial score (nSPS) is 17.6. The van der Waals surface area contributed by atoms with Gasteiger partial charge in [0.2, 0.25) is 0 Å². The minimum Gasteiger partial charge on any atom is -0.367 e. The minimum atomic E-state index is -0.392. The van der Waals surface area contributed by atoms with Crippen molar-refractivity contribution >= 4 is 11.6 Å². The molecule has 0 spiro atoms. The standard InChI is InChI=1S/C18H20FN3O2/c1-12-9-17(23)14(10-20-12)18(24)21-13-5-4-8-22(11-13)16-7-3-2-6-15(16)19/h2-3,6-7,9-10,13H,4-5,8,11H2,1H3,(H,20,23)(H,21,24). The number of hydrogen-bond acceptors (Lipinski definition) is 3. The van der Waals surface area contributed by atoms with Crippen LogP contribution in [0.2, 0.25) is 0 Å². The first-order chi connectivity index (χ1) is 11.5. The third kappa shape index (κ3) is 3.48. The second-order valence-electron chi connectivity index (χ2n) is 6.10. The minimum absolute atomic E-state index is 0.101. The van der Waals surface area contributed by atoms with Crippen LogP contribution in [0.15, 0.2) is 41.3 Å². The maximum atomic E-state index is 13.9. The predicted octanol–water partition coefficient (Wildman–Crippen LogP) is 2.22. The van der Waals surface area contributed by atoms with E-state index in [9.17, 15) is 14.0 Å². The highest BCUT2D eigenvalue weighted by atomic mass is 19.1. The molecule has 5 nitrogen and oxygen atoms in total. The van der Waals surface area contributed by atoms with E-state index in [0.29, 0.717) is 17.9 Å². The molecule has 0 bridgehead atoms. The summed E-state index contributed by atoms with van der Waals surface area (Å²) >= 11 is 0. The van der Waals surface area contributed by atoms with Crippen molar-refractivity contribution in [2.24, 2.45) is 0 Å². The van der Waals surface area contributed by atoms with Gasteiger partial charge in [-0.25, -0.2) is 4.39 Å². The van der Waals surface area contributed by atoms with Crippen molar-refractivity contribution in [1.82, 2.24) is 10.3 Å². The summed E-state index contributed by atoms with van der Waals surface area (Å²) < 4.78 is 13.9. The van der Waals surface area contributed by atoms with Crippen molar-refractivity contribution in [1.29, 1.82) is 0 Å². The molecule has 1 unspecified atom stereocenters. The number of H-pyrrole nitrogens is 1. The van der Waals surface area contributed by atoms with E-state index in [2.05, 4.69) is 10.3 Å². The Morgan fingerprint density at radius 3 is 2.92 bits per heavy atom. The first-order valence-electron chi connectivity index (χ1n) is 8.04. The molecule has 1 amide bonds. The number of nitrogens with one attached hydrogen (secondary N) is 2. The summed E-state index contributed by atoms with van der Waals surface area (Å²) in [6.45, 7) is 3.03. The Kier molecular flexibility index (Phi) is 4.64. The van der Waals surface area contributed by atoms with Gasteiger partial charge in [0, 0.05) is 37.1 Å². The van der Waals surface area contributed by atoms with Crippen LogP contribution < -0.4 is 15.6 Å². The number of halogens is 1. The van der Waals surface area contributed by atoms with Gasteiger partial charge in [-0.1, -0.05) is 12.1 Å². The number of aromatic nitrogens is 1. The highest BCUT2D eigenvalue weighted by Crippen LogP contribution is 2.22. The largest absolute Gasteiger partial charge is 0.367 e. The zero-order valence-electron chi connectivity index (χ0n) is 13.5. The topological polar surface area (TPSA) is 65.2 Å². The van der Waals surface area contributed by atoms with E-state index in [1.807, 2.05) is 4.90 Å². The number of carbonyl (C=O) groups excluding carboxylic acids is 1. The van der Waals surface area contributed by atoms with Gasteiger partial charge >= 0.3 is 0 Å². The first kappa shape index (κ1) is 16.2. The number of aryl methyl sites for hydroxylation is 1. The highest BCUT2D eigenvalue weighted by Gasteiger charge is 2.24. The van der Waals surface area contributed by atoms with Gasteiger partial charge in [0.05, 0.1) is 5.69 Å². The molecule has 24 heavy (non-hydrogen) atoms. The van der Waals surface area contributed by atoms with Gasteiger partial charge in [0.25, 0.3) is 5.91 Å². The smallest absolute Gasteiger partial charge is 0.257 e. The van der Waals surface area contributed by atoms with E-state index in [-0.39, 0.29) is 22.9 Å². The molecule has 1 saturated heterocycles. The van der Waals surface area contributed by atoms with Gasteiger partial charge in [-0.2, -0.15) is 0 Å². The number of benzene rings is 1. The van der Waals surface area contributed by atoms with Crippen LogP contribution in [0.25, 0.3) is 0 Å². The van der Waals surface area contributed by atoms with Crippen molar-refractivity contribution in [2.45, 2.75) is 25.8 Å². The van der Waals surface area contributed by atoms with Crippen LogP contribution in [0, 0.1) is 12.7 Å². The molecule has 0 aliphatic carbocycles. The second-order valence-corrected chi connectivity index (χ2v) is 6.10. The van der Waals surface area contributed by atoms with Crippen LogP contribution in [0.4, 0.5) is 10.1 Å². The van der Waals surface area contributed by atoms with Crippen LogP contribution in [-0.4, -0.2) is 30.0 Å². The Balaban J connectivity index is 1.70. The number of hydrogen-bond donors (Lipinski definition) is 2. The van der Waals surface area contributed by atoms with E-state index in [1.54, 1.807) is 25.1 Å². The van der Waals surface area contributed by atoms with Gasteiger partial charge in [0.1, 0.15) is 11.4 Å². The molecule has 1 fully saturated rings. The average Bonchev–Trinajstić information content (AvgIpc) is 2.55. The summed E-state index contributed by atoms with van der Waals surface area (Å²) in [6, 6.07) is 7.92. The molecule has 1 aromatic carbocycles. The zero-order chi connectivity index (χ0) is 17.1. The Morgan fingerprint density at radius 1 is 1.38 bits per heavy atom. The van der Waals surface area contributed by atoms with E-state index < -0.39 is 5.91 Å². The molecule has 3 rings (SSSR count). The lowest BCUT2D eigenvalue weighted by Gasteiger charge is -2.34. The number of aromatic amines is 1. The number of anilines is 1. The number of piperidine rings is 1. The van der Waals surface area contributed by atoms with Crippen LogP contribution in [0.1, 0.15) is 28.9 Å². The number of carbonyl (C=O) groups is 1. The van der Waals surface area contributed by atoms with E-state index in [1.165, 1.54) is 18.3 Å². The van der Waals surface area contributed by atoms with Crippen LogP contribution in [0.3, 0.4) is 0 Å². The third-order valence-corrected chi connectivity index (χ3v) is 4.25. The van der Waals surface area contributed by atoms with Gasteiger partial charge in [-0.15, -0.1) is 0 Å². The number of para-hydroxylation sites is 1. The molecule has 1 atom stereocenters. The number of pyridine rings is 1. The van der Waals surface area contributed by atoms with Crippen molar-refractivity contribution in [3.8, 4) is 0 Å². The van der Waals surface area contributed by atoms with Gasteiger partial charge in [0.15, 0.2) is 5.43 Å². The first-order valence-corrected chi connectivity index (χ1v) is 8.04. The average molecular weight is 329 g/mol. The Hall–Kier alpha value is -2.63. The lowest BCUT2D eigenvalue weighted by Crippen LogP contribution is -2.48. The molecule has 126 valence electrons. The van der Waals surface area contributed by atoms with Gasteiger partial charge in [-0.05, 0) is 31.9 Å². The van der Waals surface area contributed by atoms with E-state index >= 15 is 0 Å². The molecule has 0 radical (unpaired) electrons. The van der Waals surface area contributed by atoms with Crippen LogP contribution in [-0.2, 0) is 0 Å². The summed E-state index contributed by atoms with van der Waals surface area (Å²) in [5, 5.41) is 2.89. The zero-order valence-corrected chi connectivity index (χ0v) is 13.5. The van der Waals surface area contributed by atoms with Crippen LogP contribution >= 0.6 is 0 Å². The lowest BCUT2D eigenvalue weighted by molar-refractivity contribution is 0.0931. The molecule has 1 aliphatic heterocycles. The molecule has 2 heterocycles. The molecule has 1 aliphatic rings. The van der Waals surface area contributed by atoms with Gasteiger partial charge in [-0.3, -0.25) is 9.59 Å². The molecule has 0 saturated carbocycles. The summed E-state index contributed by atoms with van der Waals surface area (Å²) in [5.74, 6) is -0.656. The second kappa shape index (κ2) is 6.86. The summed E-state index contributed by atoms with van der Waals surface area (Å²) in [4.78, 5) is 29.1. The Morgan fingerprint density at radius 2 is 2.17 bits per heavy atom. The van der Waals surface area contributed by atoms with E-state index in [4.69, 9.17) is 0 Å². The quantitative estimate of drug-likeness (QED) is 0.907. The fourth-order valence-electron chi connectivity index (χ4n) is 3.04. The lowest BCUT2D eigenvalue weighted by atomic mass is 10.0. The third-order valence-electron chi connectivity index (χ3n) is 4.25. The molecule has 2 N–H and O–H groups in total. The maximum absolute atomic E-state index is 13.9. The van der Waals surface area contributed by atoms with Gasteiger partial charge < -0.3 is 15.2 Å². The van der Waals surface area contributed by atoms with Crippen LogP contribution in [0.5, 0.6) is 0 Å². The SMILES string of the molecule is Cc1cc(=O)c(C(=O)NC2CCCN(c3ccccc3F)C2)c[nH]1. The predicted molar refractivity (Wildman–Crippen MR) is 90.9 cm³/mol. The molecule has 1 aromatic heterocycles. The molecular formula is C18H20FN3O2. The van der Waals surface area contributed by atoms with Crippen molar-refractivity contribution in [2.75, 3.05) is 18.0 Å². The highest BCUT2D eigenvalue weighted by molar-refractivity contribution is 5.94. The summed E-state index contributed by atoms with van der Waals surface area (Å²) in [6.07, 6.45) is 3.09. The monoisotopic (exact) mass is 329 g/mol. The fourth-order valence-corrected chi connectivity index (χ4v) is 3.04. The number of amides is 1. The van der Waals surface area contributed by atoms with Crippen molar-refractivity contribution in [3.05, 3.63) is 63.8 Å². The molecular weight excluding hydrogens is 309 g/mol. The Labute approximate surface area is 139 Å². The number of nitrogens with zero attached hydrogens (tertiary/aromatic N) is 1. The number of rotatable bonds is 3. The summed E-state index contributed by atoms with van der Waals surface area (Å²) in [7, 11) is 0. The summed E-state index contributed by atoms with van der Waals surface area (Å²) in [5.41, 5.74) is 1.05. The van der Waals surface area contributed by atoms with Crippen molar-refractivity contribution < 1.29 is 9.18 Å². The van der Waals surface area contributed by atoms with Crippen molar-refractivity contribution in [3.63, 3.8) is 0 Å². The maximum Gasteiger partial charge on any atom is 0.257 e. The van der Waals surface area contributed by atoms with E-state index in [0.717, 1.165) is 19.4 Å². The fraction of sp³-hybridized carbons (Fsp3) is 0.333. The molecule has 6 heteroatoms.